The second-order valence-electron chi connectivity index (χ2n) is 7.30. The summed E-state index contributed by atoms with van der Waals surface area (Å²) in [5.74, 6) is 2.82. The average Bonchev–Trinajstić information content (AvgIpc) is 2.26. The third kappa shape index (κ3) is 1.97. The van der Waals surface area contributed by atoms with E-state index in [0.717, 1.165) is 17.8 Å². The highest BCUT2D eigenvalue weighted by molar-refractivity contribution is 5.81. The lowest BCUT2D eigenvalue weighted by molar-refractivity contribution is -0.126. The largest absolute Gasteiger partial charge is 0.352 e. The molecule has 0 radical (unpaired) electrons. The monoisotopic (exact) mass is 250 g/mol. The van der Waals surface area contributed by atoms with Gasteiger partial charge in [0.25, 0.3) is 0 Å². The Bertz CT molecular complexity index is 315. The molecule has 3 heteroatoms. The van der Waals surface area contributed by atoms with Crippen molar-refractivity contribution in [3.8, 4) is 0 Å². The number of rotatable bonds is 3. The van der Waals surface area contributed by atoms with E-state index in [2.05, 4.69) is 12.2 Å². The Kier molecular flexibility index (Phi) is 2.92. The van der Waals surface area contributed by atoms with Crippen molar-refractivity contribution < 1.29 is 4.79 Å². The normalized spacial score (nSPS) is 44.7. The number of carbonyl (C=O) groups excluding carboxylic acids is 1. The summed E-state index contributed by atoms with van der Waals surface area (Å²) in [6, 6.07) is -0.0919. The van der Waals surface area contributed by atoms with Crippen LogP contribution < -0.4 is 11.1 Å². The van der Waals surface area contributed by atoms with Gasteiger partial charge < -0.3 is 11.1 Å². The van der Waals surface area contributed by atoms with Gasteiger partial charge in [-0.2, -0.15) is 0 Å². The summed E-state index contributed by atoms with van der Waals surface area (Å²) in [5, 5.41) is 3.17. The third-order valence-electron chi connectivity index (χ3n) is 5.78. The highest BCUT2D eigenvalue weighted by Gasteiger charge is 2.53. The Hall–Kier alpha value is -0.570. The molecule has 18 heavy (non-hydrogen) atoms. The van der Waals surface area contributed by atoms with Crippen LogP contribution >= 0.6 is 0 Å². The molecule has 0 aromatic carbocycles. The number of hydrogen-bond donors (Lipinski definition) is 2. The minimum atomic E-state index is -0.388. The quantitative estimate of drug-likeness (QED) is 0.805. The molecule has 0 aromatic rings. The minimum absolute atomic E-state index is 0.0123. The molecule has 0 saturated heterocycles. The zero-order valence-electron chi connectivity index (χ0n) is 11.6. The number of amides is 1. The molecule has 1 amide bonds. The molecular weight excluding hydrogens is 224 g/mol. The zero-order chi connectivity index (χ0) is 12.9. The zero-order valence-corrected chi connectivity index (χ0v) is 11.6. The van der Waals surface area contributed by atoms with Gasteiger partial charge in [0.2, 0.25) is 5.91 Å². The van der Waals surface area contributed by atoms with Crippen LogP contribution in [0.4, 0.5) is 0 Å². The van der Waals surface area contributed by atoms with E-state index in [-0.39, 0.29) is 11.9 Å². The van der Waals surface area contributed by atoms with Crippen molar-refractivity contribution in [3.63, 3.8) is 0 Å². The average molecular weight is 250 g/mol. The lowest BCUT2D eigenvalue weighted by Crippen LogP contribution is -2.57. The molecule has 2 atom stereocenters. The lowest BCUT2D eigenvalue weighted by atomic mass is 9.48. The van der Waals surface area contributed by atoms with Crippen LogP contribution in [0.25, 0.3) is 0 Å². The Balaban J connectivity index is 1.73. The van der Waals surface area contributed by atoms with Crippen molar-refractivity contribution in [3.05, 3.63) is 0 Å². The summed E-state index contributed by atoms with van der Waals surface area (Å²) in [7, 11) is 0. The van der Waals surface area contributed by atoms with Gasteiger partial charge in [0.1, 0.15) is 0 Å². The van der Waals surface area contributed by atoms with E-state index >= 15 is 0 Å². The standard InChI is InChI=1S/C15H26N2O/c1-9(16)14(18)17-10(2)15-6-11-3-12(7-15)5-13(4-11)8-15/h9-13H,3-8,16H2,1-2H3,(H,17,18). The molecular formula is C15H26N2O. The van der Waals surface area contributed by atoms with Crippen LogP contribution in [0.15, 0.2) is 0 Å². The van der Waals surface area contributed by atoms with E-state index in [1.165, 1.54) is 38.5 Å². The fraction of sp³-hybridized carbons (Fsp3) is 0.933. The smallest absolute Gasteiger partial charge is 0.236 e. The third-order valence-corrected chi connectivity index (χ3v) is 5.78. The summed E-state index contributed by atoms with van der Waals surface area (Å²) in [5.41, 5.74) is 6.05. The van der Waals surface area contributed by atoms with E-state index in [9.17, 15) is 4.79 Å². The van der Waals surface area contributed by atoms with E-state index in [1.54, 1.807) is 6.92 Å². The molecule has 102 valence electrons. The SMILES string of the molecule is CC(N)C(=O)NC(C)C12CC3CC(CC(C3)C1)C2. The molecule has 0 aromatic heterocycles. The van der Waals surface area contributed by atoms with Crippen molar-refractivity contribution in [1.82, 2.24) is 5.32 Å². The number of nitrogens with two attached hydrogens (primary N) is 1. The number of carbonyl (C=O) groups is 1. The Labute approximate surface area is 110 Å². The minimum Gasteiger partial charge on any atom is -0.352 e. The molecule has 4 saturated carbocycles. The molecule has 4 fully saturated rings. The second kappa shape index (κ2) is 4.22. The van der Waals surface area contributed by atoms with Crippen molar-refractivity contribution >= 4 is 5.91 Å². The summed E-state index contributed by atoms with van der Waals surface area (Å²) < 4.78 is 0. The predicted molar refractivity (Wildman–Crippen MR) is 71.9 cm³/mol. The van der Waals surface area contributed by atoms with Crippen LogP contribution in [0.5, 0.6) is 0 Å². The highest BCUT2D eigenvalue weighted by Crippen LogP contribution is 2.61. The summed E-state index contributed by atoms with van der Waals surface area (Å²) in [6.07, 6.45) is 8.35. The van der Waals surface area contributed by atoms with Gasteiger partial charge in [-0.05, 0) is 75.5 Å². The molecule has 4 rings (SSSR count). The van der Waals surface area contributed by atoms with E-state index in [1.807, 2.05) is 0 Å². The highest BCUT2D eigenvalue weighted by atomic mass is 16.2. The van der Waals surface area contributed by atoms with Crippen LogP contribution in [-0.2, 0) is 4.79 Å². The Morgan fingerprint density at radius 3 is 1.94 bits per heavy atom. The van der Waals surface area contributed by atoms with Gasteiger partial charge in [-0.1, -0.05) is 0 Å². The van der Waals surface area contributed by atoms with Crippen LogP contribution in [0.1, 0.15) is 52.4 Å². The molecule has 3 N–H and O–H groups in total. The van der Waals surface area contributed by atoms with Crippen LogP contribution in [-0.4, -0.2) is 18.0 Å². The maximum Gasteiger partial charge on any atom is 0.236 e. The molecule has 3 nitrogen and oxygen atoms in total. The van der Waals surface area contributed by atoms with Crippen LogP contribution in [0.2, 0.25) is 0 Å². The molecule has 0 heterocycles. The first kappa shape index (κ1) is 12.5. The second-order valence-corrected chi connectivity index (χ2v) is 7.30. The van der Waals surface area contributed by atoms with Gasteiger partial charge in [-0.3, -0.25) is 4.79 Å². The fourth-order valence-electron chi connectivity index (χ4n) is 5.21. The van der Waals surface area contributed by atoms with Crippen molar-refractivity contribution in [2.24, 2.45) is 28.9 Å². The van der Waals surface area contributed by atoms with E-state index in [4.69, 9.17) is 5.73 Å². The number of nitrogens with one attached hydrogen (secondary N) is 1. The molecule has 2 unspecified atom stereocenters. The van der Waals surface area contributed by atoms with Crippen LogP contribution in [0, 0.1) is 23.2 Å². The van der Waals surface area contributed by atoms with E-state index in [0.29, 0.717) is 11.5 Å². The molecule has 4 bridgehead atoms. The summed E-state index contributed by atoms with van der Waals surface area (Å²) in [6.45, 7) is 3.97. The fourth-order valence-corrected chi connectivity index (χ4v) is 5.21. The number of hydrogen-bond acceptors (Lipinski definition) is 2. The first-order valence-electron chi connectivity index (χ1n) is 7.54. The summed E-state index contributed by atoms with van der Waals surface area (Å²) >= 11 is 0. The molecule has 4 aliphatic rings. The summed E-state index contributed by atoms with van der Waals surface area (Å²) in [4.78, 5) is 11.8. The van der Waals surface area contributed by atoms with Gasteiger partial charge >= 0.3 is 0 Å². The van der Waals surface area contributed by atoms with Gasteiger partial charge in [0.15, 0.2) is 0 Å². The first-order valence-corrected chi connectivity index (χ1v) is 7.54. The maximum absolute atomic E-state index is 11.8. The first-order chi connectivity index (χ1) is 8.48. The van der Waals surface area contributed by atoms with Crippen molar-refractivity contribution in [2.45, 2.75) is 64.5 Å². The maximum atomic E-state index is 11.8. The Morgan fingerprint density at radius 1 is 1.11 bits per heavy atom. The Morgan fingerprint density at radius 2 is 1.56 bits per heavy atom. The molecule has 4 aliphatic carbocycles. The van der Waals surface area contributed by atoms with Crippen LogP contribution in [0.3, 0.4) is 0 Å². The molecule has 0 spiro atoms. The predicted octanol–water partition coefficient (Wildman–Crippen LogP) is 2.05. The van der Waals surface area contributed by atoms with E-state index < -0.39 is 0 Å². The van der Waals surface area contributed by atoms with Gasteiger partial charge in [0, 0.05) is 6.04 Å². The lowest BCUT2D eigenvalue weighted by Gasteiger charge is -2.59. The van der Waals surface area contributed by atoms with Gasteiger partial charge in [-0.15, -0.1) is 0 Å². The van der Waals surface area contributed by atoms with Crippen molar-refractivity contribution in [1.29, 1.82) is 0 Å². The molecule has 0 aliphatic heterocycles. The van der Waals surface area contributed by atoms with Gasteiger partial charge in [0.05, 0.1) is 6.04 Å². The topological polar surface area (TPSA) is 55.1 Å². The van der Waals surface area contributed by atoms with Gasteiger partial charge in [-0.25, -0.2) is 0 Å². The van der Waals surface area contributed by atoms with Crippen molar-refractivity contribution in [2.75, 3.05) is 0 Å².